The summed E-state index contributed by atoms with van der Waals surface area (Å²) in [6.45, 7) is 12.0. The van der Waals surface area contributed by atoms with Crippen molar-refractivity contribution in [1.29, 1.82) is 0 Å². The average molecular weight is 254 g/mol. The summed E-state index contributed by atoms with van der Waals surface area (Å²) in [7, 11) is 0. The van der Waals surface area contributed by atoms with Crippen LogP contribution in [0.3, 0.4) is 0 Å². The highest BCUT2D eigenvalue weighted by Gasteiger charge is 2.43. The fourth-order valence-electron chi connectivity index (χ4n) is 2.54. The molecule has 0 spiro atoms. The maximum atomic E-state index is 12.4. The van der Waals surface area contributed by atoms with Gasteiger partial charge in [0.25, 0.3) is 0 Å². The van der Waals surface area contributed by atoms with Crippen molar-refractivity contribution in [2.75, 3.05) is 0 Å². The lowest BCUT2D eigenvalue weighted by molar-refractivity contribution is -0.154. The molecular weight excluding hydrogens is 228 g/mol. The van der Waals surface area contributed by atoms with E-state index in [4.69, 9.17) is 0 Å². The van der Waals surface area contributed by atoms with E-state index >= 15 is 0 Å². The fraction of sp³-hybridized carbons (Fsp3) is 0.857. The van der Waals surface area contributed by atoms with Gasteiger partial charge in [0, 0.05) is 6.04 Å². The van der Waals surface area contributed by atoms with Crippen molar-refractivity contribution in [3.8, 4) is 0 Å². The molecule has 1 rings (SSSR count). The maximum Gasteiger partial charge on any atom is 0.245 e. The molecule has 18 heavy (non-hydrogen) atoms. The summed E-state index contributed by atoms with van der Waals surface area (Å²) in [5.74, 6) is 0.551. The molecule has 1 aliphatic heterocycles. The molecule has 0 aromatic rings. The van der Waals surface area contributed by atoms with Crippen LogP contribution in [0, 0.1) is 11.8 Å². The Bertz CT molecular complexity index is 328. The van der Waals surface area contributed by atoms with Gasteiger partial charge < -0.3 is 10.2 Å². The molecule has 1 aliphatic rings. The van der Waals surface area contributed by atoms with Crippen molar-refractivity contribution in [2.24, 2.45) is 11.8 Å². The van der Waals surface area contributed by atoms with Gasteiger partial charge in [-0.25, -0.2) is 0 Å². The number of hydrogen-bond donors (Lipinski definition) is 1. The lowest BCUT2D eigenvalue weighted by Crippen LogP contribution is -2.66. The first kappa shape index (κ1) is 15.0. The summed E-state index contributed by atoms with van der Waals surface area (Å²) < 4.78 is 0. The topological polar surface area (TPSA) is 49.4 Å². The lowest BCUT2D eigenvalue weighted by atomic mass is 9.91. The van der Waals surface area contributed by atoms with Gasteiger partial charge in [0.1, 0.15) is 12.1 Å². The maximum absolute atomic E-state index is 12.4. The van der Waals surface area contributed by atoms with Gasteiger partial charge in [0.2, 0.25) is 11.8 Å². The molecule has 1 saturated heterocycles. The molecule has 0 aromatic carbocycles. The van der Waals surface area contributed by atoms with E-state index in [1.165, 1.54) is 0 Å². The molecule has 0 radical (unpaired) electrons. The average Bonchev–Trinajstić information content (AvgIpc) is 2.30. The molecule has 1 N–H and O–H groups in total. The molecule has 2 amide bonds. The molecule has 0 bridgehead atoms. The van der Waals surface area contributed by atoms with Crippen molar-refractivity contribution < 1.29 is 9.59 Å². The Labute approximate surface area is 110 Å². The zero-order valence-corrected chi connectivity index (χ0v) is 12.4. The summed E-state index contributed by atoms with van der Waals surface area (Å²) in [4.78, 5) is 26.3. The van der Waals surface area contributed by atoms with Crippen molar-refractivity contribution in [1.82, 2.24) is 10.2 Å². The Balaban J connectivity index is 3.05. The fourth-order valence-corrected chi connectivity index (χ4v) is 2.54. The Morgan fingerprint density at radius 3 is 2.22 bits per heavy atom. The number of amides is 2. The van der Waals surface area contributed by atoms with Gasteiger partial charge in [-0.2, -0.15) is 0 Å². The third-order valence-corrected chi connectivity index (χ3v) is 4.09. The minimum absolute atomic E-state index is 0.0211. The van der Waals surface area contributed by atoms with Crippen LogP contribution < -0.4 is 5.32 Å². The van der Waals surface area contributed by atoms with Crippen LogP contribution in [0.2, 0.25) is 0 Å². The van der Waals surface area contributed by atoms with Crippen molar-refractivity contribution in [3.05, 3.63) is 0 Å². The van der Waals surface area contributed by atoms with E-state index in [0.717, 1.165) is 6.42 Å². The largest absolute Gasteiger partial charge is 0.343 e. The molecular formula is C14H26N2O2. The van der Waals surface area contributed by atoms with E-state index in [0.29, 0.717) is 5.92 Å². The molecule has 0 aliphatic carbocycles. The molecule has 4 nitrogen and oxygen atoms in total. The minimum atomic E-state index is -0.404. The van der Waals surface area contributed by atoms with Crippen LogP contribution in [-0.2, 0) is 9.59 Å². The summed E-state index contributed by atoms with van der Waals surface area (Å²) in [6, 6.07) is -0.639. The molecule has 4 heteroatoms. The third kappa shape index (κ3) is 2.68. The molecule has 0 aromatic heterocycles. The van der Waals surface area contributed by atoms with Gasteiger partial charge in [-0.15, -0.1) is 0 Å². The van der Waals surface area contributed by atoms with Crippen LogP contribution in [0.25, 0.3) is 0 Å². The van der Waals surface area contributed by atoms with Crippen molar-refractivity contribution in [2.45, 2.75) is 66.1 Å². The van der Waals surface area contributed by atoms with E-state index in [-0.39, 0.29) is 29.8 Å². The SMILES string of the molecule is CCC(C)C(C)N1C(=O)C(C)NC(=O)C1C(C)C. The molecule has 1 fully saturated rings. The number of piperazine rings is 1. The Hall–Kier alpha value is -1.06. The van der Waals surface area contributed by atoms with E-state index < -0.39 is 6.04 Å². The number of rotatable bonds is 4. The Morgan fingerprint density at radius 2 is 1.78 bits per heavy atom. The van der Waals surface area contributed by atoms with Crippen LogP contribution in [0.4, 0.5) is 0 Å². The first-order chi connectivity index (χ1) is 8.31. The quantitative estimate of drug-likeness (QED) is 0.831. The first-order valence-corrected chi connectivity index (χ1v) is 6.93. The van der Waals surface area contributed by atoms with Gasteiger partial charge >= 0.3 is 0 Å². The number of carbonyl (C=O) groups is 2. The van der Waals surface area contributed by atoms with E-state index in [1.54, 1.807) is 6.92 Å². The summed E-state index contributed by atoms with van der Waals surface area (Å²) >= 11 is 0. The smallest absolute Gasteiger partial charge is 0.245 e. The molecule has 0 saturated carbocycles. The second-order valence-corrected chi connectivity index (χ2v) is 5.79. The number of nitrogens with one attached hydrogen (secondary N) is 1. The van der Waals surface area contributed by atoms with Gasteiger partial charge in [-0.1, -0.05) is 34.1 Å². The lowest BCUT2D eigenvalue weighted by Gasteiger charge is -2.45. The highest BCUT2D eigenvalue weighted by Crippen LogP contribution is 2.24. The number of hydrogen-bond acceptors (Lipinski definition) is 2. The summed E-state index contributed by atoms with van der Waals surface area (Å²) in [5.41, 5.74) is 0. The third-order valence-electron chi connectivity index (χ3n) is 4.09. The monoisotopic (exact) mass is 254 g/mol. The standard InChI is InChI=1S/C14H26N2O2/c1-7-9(4)11(6)16-12(8(2)3)13(17)15-10(5)14(16)18/h8-12H,7H2,1-6H3,(H,15,17). The normalized spacial score (nSPS) is 28.3. The van der Waals surface area contributed by atoms with Crippen LogP contribution in [0.1, 0.15) is 48.0 Å². The molecule has 1 heterocycles. The highest BCUT2D eigenvalue weighted by molar-refractivity contribution is 5.97. The van der Waals surface area contributed by atoms with Crippen molar-refractivity contribution >= 4 is 11.8 Å². The van der Waals surface area contributed by atoms with Gasteiger partial charge in [0.15, 0.2) is 0 Å². The van der Waals surface area contributed by atoms with Crippen LogP contribution in [0.5, 0.6) is 0 Å². The summed E-state index contributed by atoms with van der Waals surface area (Å²) in [5, 5.41) is 2.77. The zero-order valence-electron chi connectivity index (χ0n) is 12.4. The van der Waals surface area contributed by atoms with Crippen molar-refractivity contribution in [3.63, 3.8) is 0 Å². The molecule has 4 unspecified atom stereocenters. The second kappa shape index (κ2) is 5.72. The molecule has 4 atom stereocenters. The Kier molecular flexibility index (Phi) is 4.77. The van der Waals surface area contributed by atoms with Gasteiger partial charge in [-0.05, 0) is 25.7 Å². The molecule has 104 valence electrons. The van der Waals surface area contributed by atoms with E-state index in [1.807, 2.05) is 25.7 Å². The van der Waals surface area contributed by atoms with Crippen LogP contribution in [0.15, 0.2) is 0 Å². The summed E-state index contributed by atoms with van der Waals surface area (Å²) in [6.07, 6.45) is 1.01. The van der Waals surface area contributed by atoms with Crippen LogP contribution in [-0.4, -0.2) is 34.8 Å². The van der Waals surface area contributed by atoms with Crippen LogP contribution >= 0.6 is 0 Å². The second-order valence-electron chi connectivity index (χ2n) is 5.79. The number of carbonyl (C=O) groups excluding carboxylic acids is 2. The Morgan fingerprint density at radius 1 is 1.22 bits per heavy atom. The zero-order chi connectivity index (χ0) is 14.0. The highest BCUT2D eigenvalue weighted by atomic mass is 16.2. The first-order valence-electron chi connectivity index (χ1n) is 6.93. The van der Waals surface area contributed by atoms with E-state index in [9.17, 15) is 9.59 Å². The predicted octanol–water partition coefficient (Wildman–Crippen LogP) is 1.79. The predicted molar refractivity (Wildman–Crippen MR) is 72.0 cm³/mol. The number of nitrogens with zero attached hydrogens (tertiary/aromatic N) is 1. The van der Waals surface area contributed by atoms with Gasteiger partial charge in [0.05, 0.1) is 0 Å². The van der Waals surface area contributed by atoms with E-state index in [2.05, 4.69) is 19.2 Å². The minimum Gasteiger partial charge on any atom is -0.343 e. The van der Waals surface area contributed by atoms with Gasteiger partial charge in [-0.3, -0.25) is 9.59 Å².